The van der Waals surface area contributed by atoms with Crippen molar-refractivity contribution in [3.05, 3.63) is 84.4 Å². The molecule has 0 heterocycles. The van der Waals surface area contributed by atoms with Crippen LogP contribution in [0.3, 0.4) is 0 Å². The van der Waals surface area contributed by atoms with Crippen LogP contribution in [-0.2, 0) is 4.79 Å². The molecule has 0 atom stereocenters. The zero-order valence-corrected chi connectivity index (χ0v) is 18.7. The average Bonchev–Trinajstić information content (AvgIpc) is 2.82. The van der Waals surface area contributed by atoms with Gasteiger partial charge in [0.15, 0.2) is 0 Å². The predicted octanol–water partition coefficient (Wildman–Crippen LogP) is 5.05. The molecule has 0 fully saturated rings. The summed E-state index contributed by atoms with van der Waals surface area (Å²) >= 11 is 0. The molecule has 3 rings (SSSR count). The predicted molar refractivity (Wildman–Crippen MR) is 130 cm³/mol. The summed E-state index contributed by atoms with van der Waals surface area (Å²) in [4.78, 5) is 26.7. The normalized spacial score (nSPS) is 10.5. The number of para-hydroxylation sites is 1. The average molecular weight is 432 g/mol. The van der Waals surface area contributed by atoms with Gasteiger partial charge in [0.1, 0.15) is 5.75 Å². The van der Waals surface area contributed by atoms with Gasteiger partial charge in [0.25, 0.3) is 5.91 Å². The lowest BCUT2D eigenvalue weighted by Gasteiger charge is -2.17. The van der Waals surface area contributed by atoms with Crippen molar-refractivity contribution < 1.29 is 14.3 Å². The lowest BCUT2D eigenvalue weighted by molar-refractivity contribution is -0.114. The largest absolute Gasteiger partial charge is 0.493 e. The van der Waals surface area contributed by atoms with Gasteiger partial charge in [-0.05, 0) is 60.5 Å². The molecule has 0 aliphatic rings. The monoisotopic (exact) mass is 431 g/mol. The maximum Gasteiger partial charge on any atom is 0.258 e. The van der Waals surface area contributed by atoms with E-state index in [0.717, 1.165) is 17.1 Å². The second-order valence-corrected chi connectivity index (χ2v) is 7.91. The SMILES string of the molecule is CC(C)COc1ccc(NCC(=O)Nc2cccc(C(=O)N(C)c3ccccc3)c2)cc1. The number of anilines is 3. The standard InChI is InChI=1S/C26H29N3O3/c1-19(2)18-32-24-14-12-21(13-15-24)27-17-25(30)28-22-9-7-8-20(16-22)26(31)29(3)23-10-5-4-6-11-23/h4-16,19,27H,17-18H2,1-3H3,(H,28,30). The van der Waals surface area contributed by atoms with Crippen LogP contribution in [0.1, 0.15) is 24.2 Å². The minimum absolute atomic E-state index is 0.105. The van der Waals surface area contributed by atoms with Crippen molar-refractivity contribution in [2.45, 2.75) is 13.8 Å². The van der Waals surface area contributed by atoms with E-state index in [-0.39, 0.29) is 18.4 Å². The minimum atomic E-state index is -0.203. The van der Waals surface area contributed by atoms with E-state index in [1.807, 2.05) is 54.6 Å². The van der Waals surface area contributed by atoms with Gasteiger partial charge in [0.05, 0.1) is 13.2 Å². The van der Waals surface area contributed by atoms with Crippen molar-refractivity contribution in [3.8, 4) is 5.75 Å². The summed E-state index contributed by atoms with van der Waals surface area (Å²) in [5.41, 5.74) is 2.70. The van der Waals surface area contributed by atoms with Crippen LogP contribution in [0.4, 0.5) is 17.1 Å². The summed E-state index contributed by atoms with van der Waals surface area (Å²) in [6.07, 6.45) is 0. The highest BCUT2D eigenvalue weighted by Gasteiger charge is 2.14. The summed E-state index contributed by atoms with van der Waals surface area (Å²) in [5.74, 6) is 0.913. The number of benzene rings is 3. The van der Waals surface area contributed by atoms with Crippen molar-refractivity contribution in [2.75, 3.05) is 35.7 Å². The summed E-state index contributed by atoms with van der Waals surface area (Å²) in [6.45, 7) is 4.97. The molecular formula is C26H29N3O3. The van der Waals surface area contributed by atoms with Gasteiger partial charge in [0, 0.05) is 29.7 Å². The highest BCUT2D eigenvalue weighted by Crippen LogP contribution is 2.18. The summed E-state index contributed by atoms with van der Waals surface area (Å²) < 4.78 is 5.66. The Morgan fingerprint density at radius 2 is 1.62 bits per heavy atom. The first kappa shape index (κ1) is 22.9. The zero-order valence-electron chi connectivity index (χ0n) is 18.7. The van der Waals surface area contributed by atoms with Crippen molar-refractivity contribution >= 4 is 28.9 Å². The number of carbonyl (C=O) groups is 2. The first-order valence-electron chi connectivity index (χ1n) is 10.6. The number of amides is 2. The lowest BCUT2D eigenvalue weighted by atomic mass is 10.1. The van der Waals surface area contributed by atoms with E-state index in [1.54, 1.807) is 36.2 Å². The lowest BCUT2D eigenvalue weighted by Crippen LogP contribution is -2.26. The molecule has 166 valence electrons. The van der Waals surface area contributed by atoms with Crippen molar-refractivity contribution in [1.29, 1.82) is 0 Å². The highest BCUT2D eigenvalue weighted by molar-refractivity contribution is 6.06. The van der Waals surface area contributed by atoms with Crippen molar-refractivity contribution in [1.82, 2.24) is 0 Å². The number of carbonyl (C=O) groups excluding carboxylic acids is 2. The number of rotatable bonds is 9. The van der Waals surface area contributed by atoms with Gasteiger partial charge < -0.3 is 20.3 Å². The van der Waals surface area contributed by atoms with Crippen molar-refractivity contribution in [2.24, 2.45) is 5.92 Å². The van der Waals surface area contributed by atoms with Crippen LogP contribution in [-0.4, -0.2) is 32.0 Å². The summed E-state index contributed by atoms with van der Waals surface area (Å²) in [7, 11) is 1.73. The highest BCUT2D eigenvalue weighted by atomic mass is 16.5. The second-order valence-electron chi connectivity index (χ2n) is 7.91. The van der Waals surface area contributed by atoms with E-state index in [1.165, 1.54) is 0 Å². The molecule has 2 N–H and O–H groups in total. The van der Waals surface area contributed by atoms with Crippen LogP contribution in [0.15, 0.2) is 78.9 Å². The molecule has 0 bridgehead atoms. The van der Waals surface area contributed by atoms with Crippen LogP contribution in [0.25, 0.3) is 0 Å². The van der Waals surface area contributed by atoms with E-state index in [0.29, 0.717) is 23.8 Å². The molecule has 0 saturated heterocycles. The first-order valence-corrected chi connectivity index (χ1v) is 10.6. The Balaban J connectivity index is 1.54. The molecule has 3 aromatic carbocycles. The van der Waals surface area contributed by atoms with Crippen LogP contribution < -0.4 is 20.3 Å². The van der Waals surface area contributed by atoms with Gasteiger partial charge in [-0.15, -0.1) is 0 Å². The van der Waals surface area contributed by atoms with E-state index in [4.69, 9.17) is 4.74 Å². The molecule has 0 aromatic heterocycles. The van der Waals surface area contributed by atoms with Gasteiger partial charge in [0.2, 0.25) is 5.91 Å². The molecule has 6 nitrogen and oxygen atoms in total. The smallest absolute Gasteiger partial charge is 0.258 e. The first-order chi connectivity index (χ1) is 15.4. The Morgan fingerprint density at radius 3 is 2.31 bits per heavy atom. The maximum absolute atomic E-state index is 12.8. The molecule has 2 amide bonds. The number of hydrogen-bond donors (Lipinski definition) is 2. The molecule has 32 heavy (non-hydrogen) atoms. The molecule has 0 saturated carbocycles. The summed E-state index contributed by atoms with van der Waals surface area (Å²) in [6, 6.07) is 23.9. The Labute approximate surface area is 189 Å². The maximum atomic E-state index is 12.8. The molecule has 0 radical (unpaired) electrons. The van der Waals surface area contributed by atoms with E-state index in [2.05, 4.69) is 24.5 Å². The topological polar surface area (TPSA) is 70.7 Å². The molecule has 0 spiro atoms. The molecule has 3 aromatic rings. The van der Waals surface area contributed by atoms with Crippen LogP contribution in [0, 0.1) is 5.92 Å². The zero-order chi connectivity index (χ0) is 22.9. The number of nitrogens with one attached hydrogen (secondary N) is 2. The van der Waals surface area contributed by atoms with E-state index in [9.17, 15) is 9.59 Å². The Kier molecular flexibility index (Phi) is 7.86. The summed E-state index contributed by atoms with van der Waals surface area (Å²) in [5, 5.41) is 5.92. The van der Waals surface area contributed by atoms with E-state index < -0.39 is 0 Å². The fourth-order valence-electron chi connectivity index (χ4n) is 3.01. The Bertz CT molecular complexity index is 1030. The molecular weight excluding hydrogens is 402 g/mol. The number of ether oxygens (including phenoxy) is 1. The van der Waals surface area contributed by atoms with Crippen LogP contribution in [0.2, 0.25) is 0 Å². The molecule has 6 heteroatoms. The van der Waals surface area contributed by atoms with Crippen LogP contribution >= 0.6 is 0 Å². The van der Waals surface area contributed by atoms with Gasteiger partial charge in [-0.1, -0.05) is 38.1 Å². The minimum Gasteiger partial charge on any atom is -0.493 e. The third-order valence-corrected chi connectivity index (χ3v) is 4.73. The number of nitrogens with zero attached hydrogens (tertiary/aromatic N) is 1. The Morgan fingerprint density at radius 1 is 0.906 bits per heavy atom. The second kappa shape index (κ2) is 11.0. The quantitative estimate of drug-likeness (QED) is 0.497. The number of hydrogen-bond acceptors (Lipinski definition) is 4. The fourth-order valence-corrected chi connectivity index (χ4v) is 3.01. The molecule has 0 aliphatic carbocycles. The van der Waals surface area contributed by atoms with Gasteiger partial charge in [-0.3, -0.25) is 9.59 Å². The van der Waals surface area contributed by atoms with Crippen LogP contribution in [0.5, 0.6) is 5.75 Å². The third-order valence-electron chi connectivity index (χ3n) is 4.73. The van der Waals surface area contributed by atoms with E-state index >= 15 is 0 Å². The third kappa shape index (κ3) is 6.60. The van der Waals surface area contributed by atoms with Gasteiger partial charge >= 0.3 is 0 Å². The van der Waals surface area contributed by atoms with Crippen molar-refractivity contribution in [3.63, 3.8) is 0 Å². The molecule has 0 unspecified atom stereocenters. The van der Waals surface area contributed by atoms with Gasteiger partial charge in [-0.2, -0.15) is 0 Å². The molecule has 0 aliphatic heterocycles. The fraction of sp³-hybridized carbons (Fsp3) is 0.231. The van der Waals surface area contributed by atoms with Gasteiger partial charge in [-0.25, -0.2) is 0 Å². The Hall–Kier alpha value is -3.80.